The fourth-order valence-electron chi connectivity index (χ4n) is 5.25. The van der Waals surface area contributed by atoms with Crippen LogP contribution in [0.25, 0.3) is 0 Å². The van der Waals surface area contributed by atoms with Gasteiger partial charge in [-0.3, -0.25) is 0 Å². The fraction of sp³-hybridized carbons (Fsp3) is 0.447. The molecule has 0 saturated carbocycles. The molecule has 0 aromatic heterocycles. The van der Waals surface area contributed by atoms with E-state index < -0.39 is 19.6 Å². The van der Waals surface area contributed by atoms with E-state index in [1.807, 2.05) is 18.2 Å². The predicted octanol–water partition coefficient (Wildman–Crippen LogP) is 11.0. The molecular formula is C38H50O3S3Sn. The van der Waals surface area contributed by atoms with Crippen LogP contribution < -0.4 is 0 Å². The molecule has 7 heteroatoms. The van der Waals surface area contributed by atoms with Crippen LogP contribution in [0.15, 0.2) is 91.0 Å². The van der Waals surface area contributed by atoms with E-state index in [1.54, 1.807) is 0 Å². The zero-order valence-corrected chi connectivity index (χ0v) is 32.7. The zero-order chi connectivity index (χ0) is 32.5. The van der Waals surface area contributed by atoms with Crippen molar-refractivity contribution >= 4 is 71.4 Å². The SMILES string of the molecule is CCCCCCC[CH2][Sn]([O]C(=S)C(C)Cc1ccccc1)([O]C(=S)C(C)Cc1ccccc1)[O]C(=S)C(C)Cc1ccccc1. The van der Waals surface area contributed by atoms with E-state index in [9.17, 15) is 0 Å². The average molecular weight is 770 g/mol. The van der Waals surface area contributed by atoms with Crippen LogP contribution in [0, 0.1) is 17.8 Å². The van der Waals surface area contributed by atoms with Crippen molar-refractivity contribution in [3.05, 3.63) is 108 Å². The first kappa shape index (κ1) is 37.6. The Bertz CT molecular complexity index is 1150. The van der Waals surface area contributed by atoms with E-state index >= 15 is 0 Å². The van der Waals surface area contributed by atoms with E-state index in [0.29, 0.717) is 19.6 Å². The van der Waals surface area contributed by atoms with Crippen molar-refractivity contribution in [2.24, 2.45) is 17.8 Å². The van der Waals surface area contributed by atoms with Gasteiger partial charge in [0, 0.05) is 0 Å². The summed E-state index contributed by atoms with van der Waals surface area (Å²) in [5, 5.41) is 1.58. The Kier molecular flexibility index (Phi) is 17.0. The summed E-state index contributed by atoms with van der Waals surface area (Å²) in [6.07, 6.45) is 9.23. The van der Waals surface area contributed by atoms with Crippen LogP contribution >= 0.6 is 36.7 Å². The summed E-state index contributed by atoms with van der Waals surface area (Å²) in [6.45, 7) is 8.58. The third-order valence-corrected chi connectivity index (χ3v) is 18.0. The molecule has 0 amide bonds. The van der Waals surface area contributed by atoms with Gasteiger partial charge in [-0.15, -0.1) is 0 Å². The molecule has 0 aliphatic heterocycles. The van der Waals surface area contributed by atoms with Crippen LogP contribution in [0.5, 0.6) is 0 Å². The Morgan fingerprint density at radius 3 is 1.16 bits per heavy atom. The topological polar surface area (TPSA) is 27.7 Å². The molecular weight excluding hydrogens is 719 g/mol. The number of unbranched alkanes of at least 4 members (excludes halogenated alkanes) is 5. The van der Waals surface area contributed by atoms with Gasteiger partial charge in [-0.25, -0.2) is 0 Å². The van der Waals surface area contributed by atoms with Crippen molar-refractivity contribution < 1.29 is 9.22 Å². The van der Waals surface area contributed by atoms with Crippen LogP contribution in [-0.2, 0) is 28.5 Å². The monoisotopic (exact) mass is 770 g/mol. The molecule has 0 aliphatic rings. The molecule has 0 saturated heterocycles. The summed E-state index contributed by atoms with van der Waals surface area (Å²) < 4.78 is 21.3. The number of benzene rings is 3. The quantitative estimate of drug-likeness (QED) is 0.0685. The van der Waals surface area contributed by atoms with E-state index in [2.05, 4.69) is 100 Å². The van der Waals surface area contributed by atoms with Gasteiger partial charge < -0.3 is 0 Å². The summed E-state index contributed by atoms with van der Waals surface area (Å²) >= 11 is 13.4. The van der Waals surface area contributed by atoms with Crippen molar-refractivity contribution in [2.45, 2.75) is 89.9 Å². The average Bonchev–Trinajstić information content (AvgIpc) is 3.04. The minimum atomic E-state index is -4.53. The summed E-state index contributed by atoms with van der Waals surface area (Å²) in [4.78, 5) is 0. The van der Waals surface area contributed by atoms with Gasteiger partial charge in [0.25, 0.3) is 0 Å². The molecule has 242 valence electrons. The third kappa shape index (κ3) is 13.8. The second-order valence-corrected chi connectivity index (χ2v) is 20.5. The van der Waals surface area contributed by atoms with Crippen molar-refractivity contribution in [3.8, 4) is 0 Å². The molecule has 0 heterocycles. The molecule has 3 unspecified atom stereocenters. The molecule has 3 aromatic carbocycles. The van der Waals surface area contributed by atoms with Crippen LogP contribution in [0.4, 0.5) is 0 Å². The van der Waals surface area contributed by atoms with Crippen molar-refractivity contribution in [2.75, 3.05) is 0 Å². The number of rotatable bonds is 19. The van der Waals surface area contributed by atoms with Gasteiger partial charge in [0.2, 0.25) is 0 Å². The summed E-state index contributed by atoms with van der Waals surface area (Å²) in [5.41, 5.74) is 3.65. The Balaban J connectivity index is 1.86. The minimum absolute atomic E-state index is 0.000793. The maximum atomic E-state index is 6.86. The van der Waals surface area contributed by atoms with E-state index in [-0.39, 0.29) is 17.8 Å². The summed E-state index contributed by atoms with van der Waals surface area (Å²) in [7, 11) is 0. The molecule has 0 spiro atoms. The van der Waals surface area contributed by atoms with Crippen LogP contribution in [0.2, 0.25) is 4.44 Å². The molecule has 0 radical (unpaired) electrons. The second kappa shape index (κ2) is 20.4. The fourth-order valence-corrected chi connectivity index (χ4v) is 15.6. The molecule has 0 aliphatic carbocycles. The molecule has 0 N–H and O–H groups in total. The molecule has 0 fully saturated rings. The van der Waals surface area contributed by atoms with E-state index in [1.165, 1.54) is 42.4 Å². The van der Waals surface area contributed by atoms with Crippen molar-refractivity contribution in [1.82, 2.24) is 0 Å². The van der Waals surface area contributed by atoms with Gasteiger partial charge in [0.15, 0.2) is 0 Å². The second-order valence-electron chi connectivity index (χ2n) is 12.2. The van der Waals surface area contributed by atoms with Gasteiger partial charge >= 0.3 is 296 Å². The van der Waals surface area contributed by atoms with Gasteiger partial charge in [0.1, 0.15) is 0 Å². The van der Waals surface area contributed by atoms with Gasteiger partial charge in [-0.05, 0) is 0 Å². The first-order chi connectivity index (χ1) is 21.7. The first-order valence-corrected chi connectivity index (χ1v) is 23.3. The summed E-state index contributed by atoms with van der Waals surface area (Å²) in [5.74, 6) is 0.00238. The molecule has 0 bridgehead atoms. The van der Waals surface area contributed by atoms with Crippen LogP contribution in [-0.4, -0.2) is 34.8 Å². The van der Waals surface area contributed by atoms with Gasteiger partial charge in [-0.2, -0.15) is 0 Å². The predicted molar refractivity (Wildman–Crippen MR) is 203 cm³/mol. The van der Waals surface area contributed by atoms with Crippen molar-refractivity contribution in [3.63, 3.8) is 0 Å². The van der Waals surface area contributed by atoms with E-state index in [0.717, 1.165) is 32.1 Å². The van der Waals surface area contributed by atoms with E-state index in [4.69, 9.17) is 45.9 Å². The number of hydrogen-bond acceptors (Lipinski definition) is 6. The molecule has 45 heavy (non-hydrogen) atoms. The zero-order valence-electron chi connectivity index (χ0n) is 27.4. The molecule has 3 nitrogen and oxygen atoms in total. The number of thiocarbonyl (C=S) groups is 3. The normalized spacial score (nSPS) is 14.4. The standard InChI is InChI=1S/3C10H12OS.C8H17.Sn/c3*1-8(10(11)12)7-9-5-3-2-4-6-9;1-3-5-7-8-6-4-2;/h3*2-6,8H,7H2,1H3,(H,11,12);1,3-8H2,2H3;/q;;;;+3/p-3. The Morgan fingerprint density at radius 1 is 0.511 bits per heavy atom. The molecule has 3 aromatic rings. The third-order valence-electron chi connectivity index (χ3n) is 7.97. The molecule has 3 atom stereocenters. The summed E-state index contributed by atoms with van der Waals surface area (Å²) in [6, 6.07) is 31.2. The first-order valence-electron chi connectivity index (χ1n) is 16.5. The van der Waals surface area contributed by atoms with Crippen LogP contribution in [0.1, 0.15) is 82.9 Å². The molecule has 3 rings (SSSR count). The Labute approximate surface area is 294 Å². The number of hydrogen-bond donors (Lipinski definition) is 0. The Morgan fingerprint density at radius 2 is 0.822 bits per heavy atom. The maximum absolute atomic E-state index is 6.86. The van der Waals surface area contributed by atoms with Gasteiger partial charge in [-0.1, -0.05) is 0 Å². The van der Waals surface area contributed by atoms with Crippen molar-refractivity contribution in [1.29, 1.82) is 0 Å². The van der Waals surface area contributed by atoms with Gasteiger partial charge in [0.05, 0.1) is 0 Å². The van der Waals surface area contributed by atoms with Crippen LogP contribution in [0.3, 0.4) is 0 Å². The Hall–Kier alpha value is -1.87.